The van der Waals surface area contributed by atoms with Crippen molar-refractivity contribution in [2.45, 2.75) is 37.7 Å². The Morgan fingerprint density at radius 3 is 2.11 bits per heavy atom. The summed E-state index contributed by atoms with van der Waals surface area (Å²) < 4.78 is 98.3. The molecule has 1 saturated heterocycles. The van der Waals surface area contributed by atoms with Crippen molar-refractivity contribution in [1.29, 1.82) is 0 Å². The predicted octanol–water partition coefficient (Wildman–Crippen LogP) is 3.06. The molecule has 2 unspecified atom stereocenters. The molecule has 0 aromatic rings. The maximum Gasteiger partial charge on any atom is 0.472 e. The number of rotatable bonds is 1. The Hall–Kier alpha value is -0.310. The molecule has 0 amide bonds. The molecule has 0 spiro atoms. The van der Waals surface area contributed by atoms with Crippen molar-refractivity contribution in [3.63, 3.8) is 0 Å². The van der Waals surface area contributed by atoms with Gasteiger partial charge >= 0.3 is 25.6 Å². The number of alkyl halides is 6. The van der Waals surface area contributed by atoms with Crippen molar-refractivity contribution in [3.8, 4) is 0 Å². The Bertz CT molecular complexity index is 399. The first-order valence-electron chi connectivity index (χ1n) is 5.04. The molecule has 0 aliphatic carbocycles. The summed E-state index contributed by atoms with van der Waals surface area (Å²) >= 11 is 0. The minimum Gasteiger partial charge on any atom is -0.302 e. The lowest BCUT2D eigenvalue weighted by Crippen LogP contribution is -2.63. The lowest BCUT2D eigenvalue weighted by Gasteiger charge is -2.40. The number of hydrogen-bond donors (Lipinski definition) is 1. The highest BCUT2D eigenvalue weighted by molar-refractivity contribution is 7.47. The first-order valence-corrected chi connectivity index (χ1v) is 6.53. The van der Waals surface area contributed by atoms with Gasteiger partial charge in [-0.2, -0.15) is 26.3 Å². The highest BCUT2D eigenvalue weighted by Gasteiger charge is 2.76. The summed E-state index contributed by atoms with van der Waals surface area (Å²) in [6.07, 6.45) is -2.90. The molecule has 1 fully saturated rings. The van der Waals surface area contributed by atoms with E-state index in [9.17, 15) is 30.9 Å². The molecule has 114 valence electrons. The second-order valence-corrected chi connectivity index (χ2v) is 5.82. The largest absolute Gasteiger partial charge is 0.472 e. The van der Waals surface area contributed by atoms with E-state index in [0.29, 0.717) is 0 Å². The van der Waals surface area contributed by atoms with E-state index < -0.39 is 44.2 Å². The number of phosphoric ester groups is 1. The number of halogens is 6. The van der Waals surface area contributed by atoms with E-state index in [0.717, 1.165) is 13.8 Å². The molecule has 0 saturated carbocycles. The number of hydrogen-bond acceptors (Lipinski definition) is 3. The van der Waals surface area contributed by atoms with Crippen molar-refractivity contribution in [2.75, 3.05) is 6.61 Å². The zero-order valence-corrected chi connectivity index (χ0v) is 10.6. The summed E-state index contributed by atoms with van der Waals surface area (Å²) in [5.41, 5.74) is 0. The van der Waals surface area contributed by atoms with Crippen LogP contribution in [0.4, 0.5) is 26.3 Å². The zero-order valence-electron chi connectivity index (χ0n) is 9.75. The van der Waals surface area contributed by atoms with Crippen LogP contribution in [0.2, 0.25) is 0 Å². The van der Waals surface area contributed by atoms with Gasteiger partial charge in [0.2, 0.25) is 0 Å². The van der Waals surface area contributed by atoms with E-state index in [1.165, 1.54) is 0 Å². The fraction of sp³-hybridized carbons (Fsp3) is 1.00. The predicted molar refractivity (Wildman–Crippen MR) is 50.3 cm³/mol. The average Bonchev–Trinajstić information content (AvgIpc) is 2.21. The van der Waals surface area contributed by atoms with E-state index in [2.05, 4.69) is 9.05 Å². The van der Waals surface area contributed by atoms with Crippen LogP contribution in [0.1, 0.15) is 13.8 Å². The maximum atomic E-state index is 13.5. The normalized spacial score (nSPS) is 37.7. The summed E-state index contributed by atoms with van der Waals surface area (Å²) in [7, 11) is -5.28. The smallest absolute Gasteiger partial charge is 0.302 e. The van der Waals surface area contributed by atoms with Crippen LogP contribution in [0.5, 0.6) is 0 Å². The Balaban J connectivity index is 3.36. The van der Waals surface area contributed by atoms with E-state index in [1.54, 1.807) is 0 Å². The fourth-order valence-corrected chi connectivity index (χ4v) is 2.51. The first kappa shape index (κ1) is 16.7. The van der Waals surface area contributed by atoms with Crippen molar-refractivity contribution in [1.82, 2.24) is 0 Å². The fourth-order valence-electron chi connectivity index (χ4n) is 1.46. The third kappa shape index (κ3) is 2.76. The molecule has 1 aliphatic heterocycles. The summed E-state index contributed by atoms with van der Waals surface area (Å²) in [4.78, 5) is 8.93. The molecule has 1 rings (SSSR count). The van der Waals surface area contributed by atoms with Crippen molar-refractivity contribution in [2.24, 2.45) is 5.92 Å². The van der Waals surface area contributed by atoms with Crippen LogP contribution in [0, 0.1) is 5.92 Å². The minimum atomic E-state index is -5.78. The first-order chi connectivity index (χ1) is 8.25. The molecule has 0 aromatic carbocycles. The molecule has 2 atom stereocenters. The van der Waals surface area contributed by atoms with Crippen LogP contribution in [0.25, 0.3) is 0 Å². The van der Waals surface area contributed by atoms with Gasteiger partial charge in [0.05, 0.1) is 0 Å². The molecule has 1 heterocycles. The molecule has 4 nitrogen and oxygen atoms in total. The molecule has 0 radical (unpaired) electrons. The monoisotopic (exact) mass is 316 g/mol. The third-order valence-electron chi connectivity index (χ3n) is 2.50. The van der Waals surface area contributed by atoms with E-state index >= 15 is 0 Å². The van der Waals surface area contributed by atoms with Gasteiger partial charge in [-0.3, -0.25) is 9.05 Å². The molecular formula is C8H11F6O4P. The van der Waals surface area contributed by atoms with Gasteiger partial charge in [-0.05, 0) is 5.92 Å². The average molecular weight is 316 g/mol. The van der Waals surface area contributed by atoms with Gasteiger partial charge in [-0.15, -0.1) is 0 Å². The van der Waals surface area contributed by atoms with Crippen molar-refractivity contribution >= 4 is 7.82 Å². The van der Waals surface area contributed by atoms with Gasteiger partial charge in [0, 0.05) is 0 Å². The van der Waals surface area contributed by atoms with E-state index in [4.69, 9.17) is 4.89 Å². The topological polar surface area (TPSA) is 55.8 Å². The molecule has 0 bridgehead atoms. The van der Waals surface area contributed by atoms with Crippen LogP contribution >= 0.6 is 7.82 Å². The molecule has 0 aromatic heterocycles. The van der Waals surface area contributed by atoms with Crippen LogP contribution in [0.15, 0.2) is 0 Å². The van der Waals surface area contributed by atoms with Crippen LogP contribution in [-0.2, 0) is 13.6 Å². The van der Waals surface area contributed by atoms with Crippen LogP contribution in [0.3, 0.4) is 0 Å². The Morgan fingerprint density at radius 1 is 1.21 bits per heavy atom. The summed E-state index contributed by atoms with van der Waals surface area (Å²) in [6.45, 7) is -0.447. The third-order valence-corrected chi connectivity index (χ3v) is 3.45. The Labute approximate surface area is 104 Å². The zero-order chi connectivity index (χ0) is 15.3. The molecular weight excluding hydrogens is 305 g/mol. The van der Waals surface area contributed by atoms with Gasteiger partial charge in [0.15, 0.2) is 0 Å². The lowest BCUT2D eigenvalue weighted by atomic mass is 9.93. The van der Waals surface area contributed by atoms with Gasteiger partial charge < -0.3 is 4.89 Å². The van der Waals surface area contributed by atoms with Crippen LogP contribution in [-0.4, -0.2) is 35.4 Å². The van der Waals surface area contributed by atoms with Gasteiger partial charge in [0.1, 0.15) is 12.7 Å². The van der Waals surface area contributed by atoms with Gasteiger partial charge in [0.25, 0.3) is 0 Å². The standard InChI is InChI=1S/C8H11F6O4P/c1-4(2)5-7(11,12)8(13,14)6(9,10)3-17-19(15,16)18-5/h4-5H,3H2,1-2H3,(H,15,16). The molecule has 1 aliphatic rings. The molecule has 1 N–H and O–H groups in total. The lowest BCUT2D eigenvalue weighted by molar-refractivity contribution is -0.345. The van der Waals surface area contributed by atoms with E-state index in [1.807, 2.05) is 0 Å². The summed E-state index contributed by atoms with van der Waals surface area (Å²) in [6, 6.07) is 0. The van der Waals surface area contributed by atoms with Crippen molar-refractivity contribution < 1.29 is 44.8 Å². The van der Waals surface area contributed by atoms with Crippen molar-refractivity contribution in [3.05, 3.63) is 0 Å². The van der Waals surface area contributed by atoms with Gasteiger partial charge in [-0.25, -0.2) is 4.57 Å². The SMILES string of the molecule is CC(C)C1OP(=O)(O)OCC(F)(F)C(F)(F)C1(F)F. The quantitative estimate of drug-likeness (QED) is 0.597. The minimum absolute atomic E-state index is 0.953. The Morgan fingerprint density at radius 2 is 1.68 bits per heavy atom. The van der Waals surface area contributed by atoms with E-state index in [-0.39, 0.29) is 0 Å². The molecule has 19 heavy (non-hydrogen) atoms. The second-order valence-electron chi connectivity index (χ2n) is 4.41. The second kappa shape index (κ2) is 4.61. The highest BCUT2D eigenvalue weighted by atomic mass is 31.2. The highest BCUT2D eigenvalue weighted by Crippen LogP contribution is 2.58. The summed E-state index contributed by atoms with van der Waals surface area (Å²) in [5.74, 6) is -17.9. The summed E-state index contributed by atoms with van der Waals surface area (Å²) in [5, 5.41) is 0. The maximum absolute atomic E-state index is 13.5. The number of phosphoric acid groups is 1. The molecule has 11 heteroatoms. The van der Waals surface area contributed by atoms with Gasteiger partial charge in [-0.1, -0.05) is 13.8 Å². The Kier molecular flexibility index (Phi) is 4.06. The van der Waals surface area contributed by atoms with Crippen LogP contribution < -0.4 is 0 Å².